The van der Waals surface area contributed by atoms with Gasteiger partial charge < -0.3 is 10.2 Å². The van der Waals surface area contributed by atoms with Crippen LogP contribution in [0.15, 0.2) is 29.2 Å². The lowest BCUT2D eigenvalue weighted by Gasteiger charge is -2.23. The number of amides is 2. The SMILES string of the molecule is CCCCSc1ccc(NC(=O)C(C)N2CCCC2=O)cc1. The Morgan fingerprint density at radius 3 is 2.68 bits per heavy atom. The monoisotopic (exact) mass is 320 g/mol. The molecule has 2 rings (SSSR count). The van der Waals surface area contributed by atoms with Gasteiger partial charge in [-0.3, -0.25) is 9.59 Å². The second-order valence-corrected chi connectivity index (χ2v) is 6.75. The maximum atomic E-state index is 12.2. The number of unbranched alkanes of at least 4 members (excludes halogenated alkanes) is 1. The number of benzene rings is 1. The Kier molecular flexibility index (Phi) is 6.31. The fraction of sp³-hybridized carbons (Fsp3) is 0.529. The Morgan fingerprint density at radius 1 is 1.36 bits per heavy atom. The zero-order valence-electron chi connectivity index (χ0n) is 13.3. The van der Waals surface area contributed by atoms with E-state index in [1.165, 1.54) is 17.7 Å². The average molecular weight is 320 g/mol. The normalized spacial score (nSPS) is 15.9. The molecule has 1 fully saturated rings. The number of rotatable bonds is 7. The number of thioether (sulfide) groups is 1. The summed E-state index contributed by atoms with van der Waals surface area (Å²) in [5.41, 5.74) is 0.781. The average Bonchev–Trinajstić information content (AvgIpc) is 2.94. The molecule has 1 N–H and O–H groups in total. The molecule has 22 heavy (non-hydrogen) atoms. The van der Waals surface area contributed by atoms with Crippen LogP contribution in [0, 0.1) is 0 Å². The van der Waals surface area contributed by atoms with Gasteiger partial charge in [0, 0.05) is 23.5 Å². The Hall–Kier alpha value is -1.49. The first-order chi connectivity index (χ1) is 10.6. The molecule has 2 amide bonds. The van der Waals surface area contributed by atoms with Gasteiger partial charge in [0.25, 0.3) is 0 Å². The Bertz CT molecular complexity index is 516. The van der Waals surface area contributed by atoms with E-state index in [1.807, 2.05) is 36.0 Å². The second kappa shape index (κ2) is 8.22. The smallest absolute Gasteiger partial charge is 0.246 e. The third kappa shape index (κ3) is 4.50. The van der Waals surface area contributed by atoms with Crippen molar-refractivity contribution in [1.29, 1.82) is 0 Å². The molecule has 1 aromatic carbocycles. The van der Waals surface area contributed by atoms with E-state index >= 15 is 0 Å². The number of nitrogens with zero attached hydrogens (tertiary/aromatic N) is 1. The fourth-order valence-corrected chi connectivity index (χ4v) is 3.43. The van der Waals surface area contributed by atoms with Gasteiger partial charge in [-0.15, -0.1) is 11.8 Å². The van der Waals surface area contributed by atoms with E-state index in [9.17, 15) is 9.59 Å². The highest BCUT2D eigenvalue weighted by Crippen LogP contribution is 2.22. The third-order valence-electron chi connectivity index (χ3n) is 3.85. The minimum absolute atomic E-state index is 0.0744. The van der Waals surface area contributed by atoms with Crippen molar-refractivity contribution in [3.8, 4) is 0 Å². The number of carbonyl (C=O) groups is 2. The summed E-state index contributed by atoms with van der Waals surface area (Å²) >= 11 is 1.83. The van der Waals surface area contributed by atoms with Crippen LogP contribution >= 0.6 is 11.8 Å². The quantitative estimate of drug-likeness (QED) is 0.617. The molecule has 1 heterocycles. The van der Waals surface area contributed by atoms with Gasteiger partial charge in [-0.2, -0.15) is 0 Å². The first-order valence-corrected chi connectivity index (χ1v) is 8.93. The van der Waals surface area contributed by atoms with Crippen molar-refractivity contribution < 1.29 is 9.59 Å². The molecule has 0 bridgehead atoms. The van der Waals surface area contributed by atoms with Gasteiger partial charge in [-0.1, -0.05) is 13.3 Å². The van der Waals surface area contributed by atoms with Crippen LogP contribution in [0.2, 0.25) is 0 Å². The summed E-state index contributed by atoms with van der Waals surface area (Å²) in [7, 11) is 0. The van der Waals surface area contributed by atoms with Crippen LogP contribution in [0.25, 0.3) is 0 Å². The van der Waals surface area contributed by atoms with Crippen molar-refractivity contribution in [3.63, 3.8) is 0 Å². The molecule has 1 aliphatic rings. The summed E-state index contributed by atoms with van der Waals surface area (Å²) in [5.74, 6) is 1.07. The number of likely N-dealkylation sites (tertiary alicyclic amines) is 1. The molecule has 4 nitrogen and oxygen atoms in total. The molecule has 1 unspecified atom stereocenters. The van der Waals surface area contributed by atoms with E-state index < -0.39 is 6.04 Å². The largest absolute Gasteiger partial charge is 0.331 e. The molecule has 1 saturated heterocycles. The van der Waals surface area contributed by atoms with Crippen LogP contribution in [0.5, 0.6) is 0 Å². The minimum atomic E-state index is -0.409. The second-order valence-electron chi connectivity index (χ2n) is 5.58. The fourth-order valence-electron chi connectivity index (χ4n) is 2.44. The zero-order valence-corrected chi connectivity index (χ0v) is 14.1. The Labute approximate surface area is 136 Å². The first kappa shape index (κ1) is 16.9. The standard InChI is InChI=1S/C17H24N2O2S/c1-3-4-12-22-15-9-7-14(8-10-15)18-17(21)13(2)19-11-5-6-16(19)20/h7-10,13H,3-6,11-12H2,1-2H3,(H,18,21). The highest BCUT2D eigenvalue weighted by molar-refractivity contribution is 7.99. The summed E-state index contributed by atoms with van der Waals surface area (Å²) in [5, 5.41) is 2.89. The van der Waals surface area contributed by atoms with E-state index in [0.717, 1.165) is 17.9 Å². The van der Waals surface area contributed by atoms with E-state index in [1.54, 1.807) is 11.8 Å². The maximum absolute atomic E-state index is 12.2. The molecule has 0 aromatic heterocycles. The van der Waals surface area contributed by atoms with Crippen molar-refractivity contribution in [2.24, 2.45) is 0 Å². The molecular formula is C17H24N2O2S. The summed E-state index contributed by atoms with van der Waals surface area (Å²) in [6, 6.07) is 7.49. The van der Waals surface area contributed by atoms with Gasteiger partial charge in [-0.05, 0) is 49.8 Å². The highest BCUT2D eigenvalue weighted by atomic mass is 32.2. The van der Waals surface area contributed by atoms with Crippen molar-refractivity contribution in [3.05, 3.63) is 24.3 Å². The van der Waals surface area contributed by atoms with Crippen LogP contribution in [-0.2, 0) is 9.59 Å². The van der Waals surface area contributed by atoms with Crippen LogP contribution in [0.4, 0.5) is 5.69 Å². The summed E-state index contributed by atoms with van der Waals surface area (Å²) < 4.78 is 0. The van der Waals surface area contributed by atoms with Gasteiger partial charge in [0.2, 0.25) is 11.8 Å². The molecule has 0 radical (unpaired) electrons. The molecule has 1 aliphatic heterocycles. The summed E-state index contributed by atoms with van der Waals surface area (Å²) in [4.78, 5) is 26.8. The van der Waals surface area contributed by atoms with Gasteiger partial charge >= 0.3 is 0 Å². The van der Waals surface area contributed by atoms with Crippen molar-refractivity contribution in [2.75, 3.05) is 17.6 Å². The van der Waals surface area contributed by atoms with Gasteiger partial charge in [0.05, 0.1) is 0 Å². The van der Waals surface area contributed by atoms with Gasteiger partial charge in [0.1, 0.15) is 6.04 Å². The van der Waals surface area contributed by atoms with E-state index in [0.29, 0.717) is 13.0 Å². The number of anilines is 1. The number of carbonyl (C=O) groups excluding carboxylic acids is 2. The predicted molar refractivity (Wildman–Crippen MR) is 91.1 cm³/mol. The number of hydrogen-bond acceptors (Lipinski definition) is 3. The van der Waals surface area contributed by atoms with Gasteiger partial charge in [-0.25, -0.2) is 0 Å². The minimum Gasteiger partial charge on any atom is -0.331 e. The van der Waals surface area contributed by atoms with E-state index in [4.69, 9.17) is 0 Å². The maximum Gasteiger partial charge on any atom is 0.246 e. The van der Waals surface area contributed by atoms with Gasteiger partial charge in [0.15, 0.2) is 0 Å². The number of hydrogen-bond donors (Lipinski definition) is 1. The zero-order chi connectivity index (χ0) is 15.9. The van der Waals surface area contributed by atoms with Crippen molar-refractivity contribution in [1.82, 2.24) is 4.90 Å². The molecule has 1 aromatic rings. The number of nitrogens with one attached hydrogen (secondary N) is 1. The predicted octanol–water partition coefficient (Wildman–Crippen LogP) is 3.53. The Balaban J connectivity index is 1.87. The summed E-state index contributed by atoms with van der Waals surface area (Å²) in [6.45, 7) is 4.65. The molecular weight excluding hydrogens is 296 g/mol. The molecule has 1 atom stereocenters. The first-order valence-electron chi connectivity index (χ1n) is 7.95. The van der Waals surface area contributed by atoms with Crippen LogP contribution in [0.1, 0.15) is 39.5 Å². The lowest BCUT2D eigenvalue weighted by atomic mass is 10.2. The lowest BCUT2D eigenvalue weighted by molar-refractivity contribution is -0.134. The van der Waals surface area contributed by atoms with E-state index in [-0.39, 0.29) is 11.8 Å². The molecule has 5 heteroatoms. The van der Waals surface area contributed by atoms with Crippen LogP contribution in [-0.4, -0.2) is 35.1 Å². The van der Waals surface area contributed by atoms with Crippen LogP contribution in [0.3, 0.4) is 0 Å². The van der Waals surface area contributed by atoms with E-state index in [2.05, 4.69) is 12.2 Å². The summed E-state index contributed by atoms with van der Waals surface area (Å²) in [6.07, 6.45) is 3.82. The molecule has 0 aliphatic carbocycles. The highest BCUT2D eigenvalue weighted by Gasteiger charge is 2.29. The topological polar surface area (TPSA) is 49.4 Å². The lowest BCUT2D eigenvalue weighted by Crippen LogP contribution is -2.42. The van der Waals surface area contributed by atoms with Crippen molar-refractivity contribution >= 4 is 29.3 Å². The molecule has 0 spiro atoms. The van der Waals surface area contributed by atoms with Crippen molar-refractivity contribution in [2.45, 2.75) is 50.5 Å². The molecule has 120 valence electrons. The Morgan fingerprint density at radius 2 is 2.09 bits per heavy atom. The molecule has 0 saturated carbocycles. The third-order valence-corrected chi connectivity index (χ3v) is 4.94. The van der Waals surface area contributed by atoms with Crippen LogP contribution < -0.4 is 5.32 Å².